The molecule has 0 fully saturated rings. The van der Waals surface area contributed by atoms with Crippen molar-refractivity contribution in [2.24, 2.45) is 0 Å². The van der Waals surface area contributed by atoms with E-state index < -0.39 is 0 Å². The number of carbonyl (C=O) groups is 1. The number of benzene rings is 3. The number of unbranched alkanes of at least 4 members (excludes halogenated alkanes) is 1. The van der Waals surface area contributed by atoms with Gasteiger partial charge in [0.1, 0.15) is 0 Å². The highest BCUT2D eigenvalue weighted by molar-refractivity contribution is 5.86. The van der Waals surface area contributed by atoms with E-state index in [9.17, 15) is 4.79 Å². The maximum Gasteiger partial charge on any atom is 0.333 e. The van der Waals surface area contributed by atoms with Gasteiger partial charge in [-0.05, 0) is 94.0 Å². The summed E-state index contributed by atoms with van der Waals surface area (Å²) >= 11 is 0. The second-order valence-electron chi connectivity index (χ2n) is 9.08. The summed E-state index contributed by atoms with van der Waals surface area (Å²) in [4.78, 5) is 14.0. The van der Waals surface area contributed by atoms with E-state index in [1.807, 2.05) is 0 Å². The van der Waals surface area contributed by atoms with E-state index in [1.54, 1.807) is 6.92 Å². The van der Waals surface area contributed by atoms with Crippen LogP contribution in [0.1, 0.15) is 55.4 Å². The number of ether oxygens (including phenoxy) is 1. The molecule has 3 heteroatoms. The van der Waals surface area contributed by atoms with Crippen molar-refractivity contribution in [2.75, 3.05) is 11.5 Å². The molecule has 0 aliphatic carbocycles. The summed E-state index contributed by atoms with van der Waals surface area (Å²) in [6.07, 6.45) is 5.03. The first-order chi connectivity index (χ1) is 16.4. The van der Waals surface area contributed by atoms with Gasteiger partial charge < -0.3 is 9.64 Å². The van der Waals surface area contributed by atoms with Gasteiger partial charge in [0.05, 0.1) is 6.61 Å². The molecule has 0 amide bonds. The Hall–Kier alpha value is -3.33. The monoisotopic (exact) mass is 455 g/mol. The molecule has 0 aliphatic heterocycles. The molecule has 0 radical (unpaired) electrons. The van der Waals surface area contributed by atoms with Crippen LogP contribution in [0.5, 0.6) is 0 Å². The van der Waals surface area contributed by atoms with E-state index in [-0.39, 0.29) is 5.97 Å². The lowest BCUT2D eigenvalue weighted by molar-refractivity contribution is -0.139. The largest absolute Gasteiger partial charge is 0.462 e. The molecular formula is C31H37NO2. The van der Waals surface area contributed by atoms with Gasteiger partial charge in [0.15, 0.2) is 0 Å². The summed E-state index contributed by atoms with van der Waals surface area (Å²) in [5.74, 6) is -0.312. The molecule has 3 aromatic carbocycles. The van der Waals surface area contributed by atoms with Crippen LogP contribution in [0.25, 0.3) is 0 Å². The molecule has 0 bridgehead atoms. The van der Waals surface area contributed by atoms with E-state index >= 15 is 0 Å². The Balaban J connectivity index is 1.91. The van der Waals surface area contributed by atoms with Crippen LogP contribution in [0.3, 0.4) is 0 Å². The quantitative estimate of drug-likeness (QED) is 0.166. The van der Waals surface area contributed by atoms with Gasteiger partial charge in [0.25, 0.3) is 0 Å². The van der Waals surface area contributed by atoms with Gasteiger partial charge in [-0.1, -0.05) is 61.4 Å². The van der Waals surface area contributed by atoms with Crippen LogP contribution in [0.4, 0.5) is 17.1 Å². The summed E-state index contributed by atoms with van der Waals surface area (Å²) in [6, 6.07) is 24.2. The van der Waals surface area contributed by atoms with Crippen LogP contribution < -0.4 is 4.90 Å². The number of anilines is 3. The Morgan fingerprint density at radius 2 is 1.32 bits per heavy atom. The average Bonchev–Trinajstić information content (AvgIpc) is 2.83. The second-order valence-corrected chi connectivity index (χ2v) is 9.08. The Labute approximate surface area is 205 Å². The Bertz CT molecular complexity index is 1050. The zero-order valence-electron chi connectivity index (χ0n) is 21.1. The normalized spacial score (nSPS) is 10.7. The van der Waals surface area contributed by atoms with Crippen molar-refractivity contribution in [2.45, 2.75) is 59.8 Å². The third kappa shape index (κ3) is 6.84. The SMILES string of the molecule is C=C(C)C(=O)OCCCc1ccc(N(c2ccc(C)cc2)c2ccc(C)cc2)cc1CCCC. The minimum Gasteiger partial charge on any atom is -0.462 e. The molecular weight excluding hydrogens is 418 g/mol. The lowest BCUT2D eigenvalue weighted by atomic mass is 9.97. The topological polar surface area (TPSA) is 29.5 Å². The van der Waals surface area contributed by atoms with Crippen molar-refractivity contribution >= 4 is 23.0 Å². The predicted octanol–water partition coefficient (Wildman–Crippen LogP) is 8.17. The fourth-order valence-electron chi connectivity index (χ4n) is 3.98. The number of carbonyl (C=O) groups excluding carboxylic acids is 1. The van der Waals surface area contributed by atoms with Crippen LogP contribution in [0, 0.1) is 13.8 Å². The molecule has 0 N–H and O–H groups in total. The molecule has 0 saturated carbocycles. The number of hydrogen-bond donors (Lipinski definition) is 0. The summed E-state index contributed by atoms with van der Waals surface area (Å²) in [7, 11) is 0. The van der Waals surface area contributed by atoms with Crippen LogP contribution in [-0.2, 0) is 22.4 Å². The molecule has 0 atom stereocenters. The molecule has 3 aromatic rings. The fraction of sp³-hybridized carbons (Fsp3) is 0.323. The molecule has 0 saturated heterocycles. The molecule has 0 spiro atoms. The lowest BCUT2D eigenvalue weighted by Gasteiger charge is -2.27. The molecule has 0 unspecified atom stereocenters. The Kier molecular flexibility index (Phi) is 9.09. The highest BCUT2D eigenvalue weighted by atomic mass is 16.5. The number of nitrogens with zero attached hydrogens (tertiary/aromatic N) is 1. The van der Waals surface area contributed by atoms with Crippen molar-refractivity contribution < 1.29 is 9.53 Å². The number of esters is 1. The number of aryl methyl sites for hydroxylation is 4. The van der Waals surface area contributed by atoms with Crippen LogP contribution >= 0.6 is 0 Å². The third-order valence-electron chi connectivity index (χ3n) is 6.00. The van der Waals surface area contributed by atoms with Crippen molar-refractivity contribution in [3.63, 3.8) is 0 Å². The first-order valence-corrected chi connectivity index (χ1v) is 12.3. The standard InChI is InChI=1S/C31H37NO2/c1-6-7-9-27-22-30(20-15-26(27)10-8-21-34-31(33)23(2)3)32(28-16-11-24(4)12-17-28)29-18-13-25(5)14-19-29/h11-20,22H,2,6-10,21H2,1,3-5H3. The molecule has 0 heterocycles. The van der Waals surface area contributed by atoms with Crippen molar-refractivity contribution in [3.8, 4) is 0 Å². The third-order valence-corrected chi connectivity index (χ3v) is 6.00. The first-order valence-electron chi connectivity index (χ1n) is 12.3. The van der Waals surface area contributed by atoms with E-state index in [2.05, 4.69) is 99.0 Å². The highest BCUT2D eigenvalue weighted by Gasteiger charge is 2.15. The molecule has 3 nitrogen and oxygen atoms in total. The molecule has 178 valence electrons. The van der Waals surface area contributed by atoms with Gasteiger partial charge in [-0.25, -0.2) is 4.79 Å². The van der Waals surface area contributed by atoms with Crippen LogP contribution in [-0.4, -0.2) is 12.6 Å². The van der Waals surface area contributed by atoms with E-state index in [4.69, 9.17) is 4.74 Å². The average molecular weight is 456 g/mol. The molecule has 3 rings (SSSR count). The molecule has 0 aromatic heterocycles. The van der Waals surface area contributed by atoms with Crippen molar-refractivity contribution in [1.29, 1.82) is 0 Å². The molecule has 34 heavy (non-hydrogen) atoms. The maximum atomic E-state index is 11.7. The highest BCUT2D eigenvalue weighted by Crippen LogP contribution is 2.36. The van der Waals surface area contributed by atoms with E-state index in [0.29, 0.717) is 12.2 Å². The smallest absolute Gasteiger partial charge is 0.333 e. The van der Waals surface area contributed by atoms with Gasteiger partial charge in [-0.2, -0.15) is 0 Å². The number of hydrogen-bond acceptors (Lipinski definition) is 3. The van der Waals surface area contributed by atoms with Gasteiger partial charge in [-0.3, -0.25) is 0 Å². The Morgan fingerprint density at radius 3 is 1.85 bits per heavy atom. The van der Waals surface area contributed by atoms with Crippen molar-refractivity contribution in [1.82, 2.24) is 0 Å². The van der Waals surface area contributed by atoms with Gasteiger partial charge in [0, 0.05) is 22.6 Å². The zero-order chi connectivity index (χ0) is 24.5. The minimum absolute atomic E-state index is 0.312. The number of rotatable bonds is 11. The lowest BCUT2D eigenvalue weighted by Crippen LogP contribution is -2.11. The first kappa shape index (κ1) is 25.3. The Morgan fingerprint density at radius 1 is 0.794 bits per heavy atom. The summed E-state index contributed by atoms with van der Waals surface area (Å²) in [5.41, 5.74) is 9.10. The zero-order valence-corrected chi connectivity index (χ0v) is 21.1. The summed E-state index contributed by atoms with van der Waals surface area (Å²) in [5, 5.41) is 0. The minimum atomic E-state index is -0.312. The predicted molar refractivity (Wildman–Crippen MR) is 143 cm³/mol. The van der Waals surface area contributed by atoms with Gasteiger partial charge >= 0.3 is 5.97 Å². The van der Waals surface area contributed by atoms with Gasteiger partial charge in [0.2, 0.25) is 0 Å². The van der Waals surface area contributed by atoms with E-state index in [0.717, 1.165) is 49.2 Å². The van der Waals surface area contributed by atoms with Crippen LogP contribution in [0.15, 0.2) is 78.9 Å². The van der Waals surface area contributed by atoms with Crippen molar-refractivity contribution in [3.05, 3.63) is 101 Å². The maximum absolute atomic E-state index is 11.7. The van der Waals surface area contributed by atoms with E-state index in [1.165, 1.54) is 22.3 Å². The summed E-state index contributed by atoms with van der Waals surface area (Å²) < 4.78 is 5.30. The fourth-order valence-corrected chi connectivity index (χ4v) is 3.98. The van der Waals surface area contributed by atoms with Gasteiger partial charge in [-0.15, -0.1) is 0 Å². The summed E-state index contributed by atoms with van der Waals surface area (Å²) in [6.45, 7) is 12.2. The second kappa shape index (κ2) is 12.2. The van der Waals surface area contributed by atoms with Crippen LogP contribution in [0.2, 0.25) is 0 Å². The molecule has 0 aliphatic rings.